The molecule has 0 aromatic heterocycles. The van der Waals surface area contributed by atoms with Gasteiger partial charge >= 0.3 is 5.97 Å². The first-order valence-corrected chi connectivity index (χ1v) is 4.08. The maximum Gasteiger partial charge on any atom is 0.331 e. The van der Waals surface area contributed by atoms with Gasteiger partial charge in [-0.15, -0.1) is 0 Å². The van der Waals surface area contributed by atoms with Crippen LogP contribution in [0.3, 0.4) is 0 Å². The quantitative estimate of drug-likeness (QED) is 0.335. The number of carbonyl (C=O) groups is 1. The van der Waals surface area contributed by atoms with Gasteiger partial charge < -0.3 is 20.4 Å². The zero-order valence-corrected chi connectivity index (χ0v) is 7.93. The van der Waals surface area contributed by atoms with Gasteiger partial charge in [-0.2, -0.15) is 0 Å². The van der Waals surface area contributed by atoms with E-state index >= 15 is 0 Å². The summed E-state index contributed by atoms with van der Waals surface area (Å²) in [5, 5.41) is 36.1. The summed E-state index contributed by atoms with van der Waals surface area (Å²) in [5.74, 6) is -2.30. The van der Waals surface area contributed by atoms with Gasteiger partial charge in [0.15, 0.2) is 11.5 Å². The molecule has 80 valence electrons. The normalized spacial score (nSPS) is 11.4. The number of hydrogen-bond acceptors (Lipinski definition) is 4. The van der Waals surface area contributed by atoms with Crippen LogP contribution in [-0.4, -0.2) is 26.4 Å². The third-order valence-corrected chi connectivity index (χ3v) is 1.83. The van der Waals surface area contributed by atoms with E-state index in [4.69, 9.17) is 15.3 Å². The predicted molar refractivity (Wildman–Crippen MR) is 52.7 cm³/mol. The lowest BCUT2D eigenvalue weighted by Crippen LogP contribution is -1.95. The Morgan fingerprint density at radius 2 is 1.67 bits per heavy atom. The molecule has 0 aliphatic rings. The van der Waals surface area contributed by atoms with Gasteiger partial charge in [0.2, 0.25) is 0 Å². The summed E-state index contributed by atoms with van der Waals surface area (Å²) in [5.41, 5.74) is 0.139. The number of rotatable bonds is 2. The van der Waals surface area contributed by atoms with Crippen molar-refractivity contribution in [1.29, 1.82) is 0 Å². The summed E-state index contributed by atoms with van der Waals surface area (Å²) < 4.78 is 0. The maximum absolute atomic E-state index is 10.5. The molecule has 1 rings (SSSR count). The highest BCUT2D eigenvalue weighted by Crippen LogP contribution is 2.33. The lowest BCUT2D eigenvalue weighted by atomic mass is 10.1. The average Bonchev–Trinajstić information content (AvgIpc) is 2.13. The van der Waals surface area contributed by atoms with Gasteiger partial charge in [-0.25, -0.2) is 4.79 Å². The fourth-order valence-electron chi connectivity index (χ4n) is 0.993. The third-order valence-electron chi connectivity index (χ3n) is 1.83. The topological polar surface area (TPSA) is 98.0 Å². The molecule has 0 saturated heterocycles. The van der Waals surface area contributed by atoms with Gasteiger partial charge in [0.1, 0.15) is 5.75 Å². The van der Waals surface area contributed by atoms with E-state index in [0.29, 0.717) is 0 Å². The van der Waals surface area contributed by atoms with Crippen LogP contribution in [0.4, 0.5) is 0 Å². The molecule has 0 aliphatic carbocycles. The Kier molecular flexibility index (Phi) is 2.85. The van der Waals surface area contributed by atoms with Crippen LogP contribution < -0.4 is 0 Å². The molecule has 0 spiro atoms. The van der Waals surface area contributed by atoms with Crippen LogP contribution in [0, 0.1) is 0 Å². The molecule has 5 nitrogen and oxygen atoms in total. The number of phenols is 3. The summed E-state index contributed by atoms with van der Waals surface area (Å²) in [6, 6.07) is 2.02. The van der Waals surface area contributed by atoms with E-state index < -0.39 is 17.5 Å². The fourth-order valence-corrected chi connectivity index (χ4v) is 0.993. The van der Waals surface area contributed by atoms with Crippen molar-refractivity contribution in [3.05, 3.63) is 23.3 Å². The molecule has 0 unspecified atom stereocenters. The van der Waals surface area contributed by atoms with Crippen LogP contribution in [-0.2, 0) is 4.79 Å². The molecule has 0 radical (unpaired) electrons. The summed E-state index contributed by atoms with van der Waals surface area (Å²) in [6.07, 6.45) is 1.19. The SMILES string of the molecule is C/C(=C\c1cc(O)c(O)cc1O)C(=O)O. The van der Waals surface area contributed by atoms with Crippen molar-refractivity contribution in [2.75, 3.05) is 0 Å². The molecule has 15 heavy (non-hydrogen) atoms. The molecule has 0 aliphatic heterocycles. The number of phenolic OH excluding ortho intramolecular Hbond substituents is 3. The summed E-state index contributed by atoms with van der Waals surface area (Å²) in [6.45, 7) is 1.35. The zero-order valence-electron chi connectivity index (χ0n) is 7.93. The van der Waals surface area contributed by atoms with Crippen LogP contribution >= 0.6 is 0 Å². The van der Waals surface area contributed by atoms with E-state index in [1.165, 1.54) is 13.0 Å². The molecule has 0 bridgehead atoms. The first kappa shape index (κ1) is 10.9. The zero-order chi connectivity index (χ0) is 11.6. The van der Waals surface area contributed by atoms with Crippen molar-refractivity contribution in [2.45, 2.75) is 6.92 Å². The second-order valence-electron chi connectivity index (χ2n) is 3.03. The number of aromatic hydroxyl groups is 3. The number of benzene rings is 1. The monoisotopic (exact) mass is 210 g/mol. The molecular formula is C10H10O5. The van der Waals surface area contributed by atoms with Gasteiger partial charge in [0.05, 0.1) is 0 Å². The van der Waals surface area contributed by atoms with Crippen LogP contribution in [0.1, 0.15) is 12.5 Å². The molecule has 0 atom stereocenters. The lowest BCUT2D eigenvalue weighted by molar-refractivity contribution is -0.132. The Bertz CT molecular complexity index is 434. The standard InChI is InChI=1S/C10H10O5/c1-5(10(14)15)2-6-3-8(12)9(13)4-7(6)11/h2-4,11-13H,1H3,(H,14,15)/b5-2+. The summed E-state index contributed by atoms with van der Waals surface area (Å²) in [4.78, 5) is 10.5. The maximum atomic E-state index is 10.5. The molecule has 1 aromatic carbocycles. The van der Waals surface area contributed by atoms with Crippen molar-refractivity contribution in [3.63, 3.8) is 0 Å². The second kappa shape index (κ2) is 3.91. The van der Waals surface area contributed by atoms with Crippen LogP contribution in [0.15, 0.2) is 17.7 Å². The van der Waals surface area contributed by atoms with E-state index in [-0.39, 0.29) is 16.9 Å². The molecule has 0 amide bonds. The minimum atomic E-state index is -1.12. The molecule has 5 heteroatoms. The van der Waals surface area contributed by atoms with Crippen LogP contribution in [0.5, 0.6) is 17.2 Å². The third kappa shape index (κ3) is 2.40. The van der Waals surface area contributed by atoms with Crippen molar-refractivity contribution in [2.24, 2.45) is 0 Å². The van der Waals surface area contributed by atoms with E-state index in [1.54, 1.807) is 0 Å². The van der Waals surface area contributed by atoms with E-state index in [1.807, 2.05) is 0 Å². The molecular weight excluding hydrogens is 200 g/mol. The average molecular weight is 210 g/mol. The van der Waals surface area contributed by atoms with Gasteiger partial charge in [-0.05, 0) is 19.1 Å². The van der Waals surface area contributed by atoms with Crippen LogP contribution in [0.2, 0.25) is 0 Å². The molecule has 4 N–H and O–H groups in total. The largest absolute Gasteiger partial charge is 0.507 e. The minimum Gasteiger partial charge on any atom is -0.507 e. The van der Waals surface area contributed by atoms with Crippen molar-refractivity contribution >= 4 is 12.0 Å². The van der Waals surface area contributed by atoms with Gasteiger partial charge in [0.25, 0.3) is 0 Å². The lowest BCUT2D eigenvalue weighted by Gasteiger charge is -2.03. The predicted octanol–water partition coefficient (Wildman–Crippen LogP) is 1.29. The number of aliphatic carboxylic acids is 1. The number of carboxylic acid groups (broad SMARTS) is 1. The minimum absolute atomic E-state index is 0.00962. The second-order valence-corrected chi connectivity index (χ2v) is 3.03. The van der Waals surface area contributed by atoms with Crippen LogP contribution in [0.25, 0.3) is 6.08 Å². The molecule has 0 saturated carbocycles. The Balaban J connectivity index is 3.22. The Morgan fingerprint density at radius 3 is 2.20 bits per heavy atom. The first-order valence-electron chi connectivity index (χ1n) is 4.08. The Labute approximate surface area is 85.5 Å². The highest BCUT2D eigenvalue weighted by molar-refractivity contribution is 5.92. The summed E-state index contributed by atoms with van der Waals surface area (Å²) >= 11 is 0. The highest BCUT2D eigenvalue weighted by atomic mass is 16.4. The van der Waals surface area contributed by atoms with E-state index in [0.717, 1.165) is 12.1 Å². The van der Waals surface area contributed by atoms with Gasteiger partial charge in [0, 0.05) is 17.2 Å². The first-order chi connectivity index (χ1) is 6.91. The molecule has 1 aromatic rings. The van der Waals surface area contributed by atoms with Crippen molar-refractivity contribution < 1.29 is 25.2 Å². The van der Waals surface area contributed by atoms with Crippen molar-refractivity contribution in [3.8, 4) is 17.2 Å². The van der Waals surface area contributed by atoms with Gasteiger partial charge in [-0.1, -0.05) is 0 Å². The Morgan fingerprint density at radius 1 is 1.13 bits per heavy atom. The van der Waals surface area contributed by atoms with E-state index in [9.17, 15) is 9.90 Å². The highest BCUT2D eigenvalue weighted by Gasteiger charge is 2.07. The molecule has 0 fully saturated rings. The Hall–Kier alpha value is -2.17. The number of hydrogen-bond donors (Lipinski definition) is 4. The number of carboxylic acids is 1. The van der Waals surface area contributed by atoms with Gasteiger partial charge in [-0.3, -0.25) is 0 Å². The van der Waals surface area contributed by atoms with Crippen molar-refractivity contribution in [1.82, 2.24) is 0 Å². The van der Waals surface area contributed by atoms with E-state index in [2.05, 4.69) is 0 Å². The smallest absolute Gasteiger partial charge is 0.331 e. The summed E-state index contributed by atoms with van der Waals surface area (Å²) in [7, 11) is 0. The fraction of sp³-hybridized carbons (Fsp3) is 0.100. The molecule has 0 heterocycles.